The number of amides is 1. The average molecular weight is 459 g/mol. The van der Waals surface area contributed by atoms with Gasteiger partial charge in [-0.1, -0.05) is 48.0 Å². The van der Waals surface area contributed by atoms with Gasteiger partial charge < -0.3 is 4.74 Å². The van der Waals surface area contributed by atoms with Gasteiger partial charge in [-0.3, -0.25) is 25.2 Å². The van der Waals surface area contributed by atoms with E-state index in [4.69, 9.17) is 16.3 Å². The van der Waals surface area contributed by atoms with Crippen molar-refractivity contribution in [3.63, 3.8) is 0 Å². The van der Waals surface area contributed by atoms with Crippen LogP contribution < -0.4 is 21.8 Å². The molecule has 9 nitrogen and oxygen atoms in total. The number of nitrogens with one attached hydrogen (secondary N) is 4. The van der Waals surface area contributed by atoms with E-state index in [1.165, 1.54) is 4.90 Å². The minimum Gasteiger partial charge on any atom is -0.465 e. The Kier molecular flexibility index (Phi) is 8.04. The summed E-state index contributed by atoms with van der Waals surface area (Å²) in [6, 6.07) is 14.2. The zero-order valence-electron chi connectivity index (χ0n) is 18.2. The molecular weight excluding hydrogens is 432 g/mol. The molecule has 0 fully saturated rings. The topological polar surface area (TPSA) is 107 Å². The Morgan fingerprint density at radius 3 is 2.56 bits per heavy atom. The number of halogens is 1. The lowest BCUT2D eigenvalue weighted by Gasteiger charge is -2.26. The van der Waals surface area contributed by atoms with Crippen LogP contribution in [0.4, 0.5) is 0 Å². The number of carbonyl (C=O) groups is 2. The van der Waals surface area contributed by atoms with Crippen molar-refractivity contribution in [2.24, 2.45) is 5.10 Å². The number of hydrazine groups is 2. The van der Waals surface area contributed by atoms with Gasteiger partial charge in [0.25, 0.3) is 0 Å². The lowest BCUT2D eigenvalue weighted by Crippen LogP contribution is -2.55. The highest BCUT2D eigenvalue weighted by Crippen LogP contribution is 2.23. The first-order valence-corrected chi connectivity index (χ1v) is 10.7. The van der Waals surface area contributed by atoms with Gasteiger partial charge in [0, 0.05) is 12.1 Å². The number of benzene rings is 2. The number of nitrogens with zero attached hydrogens (tertiary/aromatic N) is 2. The second kappa shape index (κ2) is 10.9. The molecule has 2 atom stereocenters. The second-order valence-electron chi connectivity index (χ2n) is 7.30. The van der Waals surface area contributed by atoms with E-state index < -0.39 is 18.1 Å². The minimum atomic E-state index is -0.679. The first-order valence-electron chi connectivity index (χ1n) is 10.3. The molecular formula is C22H27ClN6O3. The summed E-state index contributed by atoms with van der Waals surface area (Å²) in [5, 5.41) is 7.73. The van der Waals surface area contributed by atoms with Crippen LogP contribution in [0.2, 0.25) is 5.02 Å². The molecule has 1 unspecified atom stereocenters. The smallest absolute Gasteiger partial charge is 0.322 e. The van der Waals surface area contributed by atoms with Crippen LogP contribution in [0.1, 0.15) is 19.4 Å². The average Bonchev–Trinajstić information content (AvgIpc) is 3.33. The number of rotatable bonds is 8. The molecule has 10 heteroatoms. The van der Waals surface area contributed by atoms with E-state index in [2.05, 4.69) is 26.9 Å². The van der Waals surface area contributed by atoms with E-state index in [0.29, 0.717) is 17.4 Å². The quantitative estimate of drug-likeness (QED) is 0.447. The van der Waals surface area contributed by atoms with Crippen molar-refractivity contribution >= 4 is 29.4 Å². The molecule has 1 heterocycles. The maximum atomic E-state index is 13.2. The van der Waals surface area contributed by atoms with E-state index in [9.17, 15) is 9.59 Å². The van der Waals surface area contributed by atoms with Crippen molar-refractivity contribution in [1.29, 1.82) is 0 Å². The lowest BCUT2D eigenvalue weighted by atomic mass is 9.99. The standard InChI is InChI=1S/C22H27ClN6O3/c1-4-32-21(31)14(2)24-19(20(30)29(3)22-25-27-28-26-22)12-15-8-10-16(11-9-15)17-6-5-7-18(23)13-17/h5-11,13-14,19,24,27-28H,4,12H2,1-3H3,(H,25,26)/t14-,19?/m0/s1. The summed E-state index contributed by atoms with van der Waals surface area (Å²) in [7, 11) is 1.61. The molecule has 170 valence electrons. The van der Waals surface area contributed by atoms with Gasteiger partial charge in [0.1, 0.15) is 6.04 Å². The number of hydrogen-bond acceptors (Lipinski definition) is 8. The monoisotopic (exact) mass is 458 g/mol. The molecule has 2 aromatic carbocycles. The number of hydrogen-bond donors (Lipinski definition) is 4. The summed E-state index contributed by atoms with van der Waals surface area (Å²) < 4.78 is 5.08. The fourth-order valence-electron chi connectivity index (χ4n) is 3.28. The Hall–Kier alpha value is -3.14. The predicted octanol–water partition coefficient (Wildman–Crippen LogP) is 1.80. The Bertz CT molecular complexity index is 982. The second-order valence-corrected chi connectivity index (χ2v) is 7.74. The third kappa shape index (κ3) is 5.97. The van der Waals surface area contributed by atoms with Gasteiger partial charge in [-0.05, 0) is 49.1 Å². The zero-order chi connectivity index (χ0) is 23.1. The van der Waals surface area contributed by atoms with Crippen molar-refractivity contribution in [3.8, 4) is 11.1 Å². The molecule has 4 N–H and O–H groups in total. The van der Waals surface area contributed by atoms with Crippen LogP contribution in [0.3, 0.4) is 0 Å². The minimum absolute atomic E-state index is 0.253. The molecule has 3 rings (SSSR count). The molecule has 0 saturated heterocycles. The number of guanidine groups is 1. The fourth-order valence-corrected chi connectivity index (χ4v) is 3.47. The van der Waals surface area contributed by atoms with Gasteiger partial charge in [-0.2, -0.15) is 0 Å². The van der Waals surface area contributed by atoms with Crippen molar-refractivity contribution in [2.75, 3.05) is 13.7 Å². The highest BCUT2D eigenvalue weighted by Gasteiger charge is 2.29. The van der Waals surface area contributed by atoms with Crippen LogP contribution >= 0.6 is 11.6 Å². The van der Waals surface area contributed by atoms with Crippen LogP contribution in [0.25, 0.3) is 11.1 Å². The maximum absolute atomic E-state index is 13.2. The van der Waals surface area contributed by atoms with Gasteiger partial charge in [0.15, 0.2) is 0 Å². The van der Waals surface area contributed by atoms with Gasteiger partial charge in [0.2, 0.25) is 11.9 Å². The summed E-state index contributed by atoms with van der Waals surface area (Å²) in [5.74, 6) is -0.345. The normalized spacial score (nSPS) is 14.6. The highest BCUT2D eigenvalue weighted by molar-refractivity contribution is 6.30. The molecule has 0 spiro atoms. The number of ether oxygens (including phenoxy) is 1. The third-order valence-electron chi connectivity index (χ3n) is 4.98. The zero-order valence-corrected chi connectivity index (χ0v) is 18.9. The van der Waals surface area contributed by atoms with Crippen LogP contribution in [-0.4, -0.2) is 48.5 Å². The van der Waals surface area contributed by atoms with Crippen molar-refractivity contribution in [3.05, 3.63) is 59.1 Å². The van der Waals surface area contributed by atoms with E-state index in [1.807, 2.05) is 48.5 Å². The molecule has 1 aliphatic heterocycles. The first kappa shape index (κ1) is 23.5. The Morgan fingerprint density at radius 2 is 1.94 bits per heavy atom. The number of hydrazone groups is 1. The number of carbonyl (C=O) groups excluding carboxylic acids is 2. The first-order chi connectivity index (χ1) is 15.4. The SMILES string of the molecule is CCOC(=O)[C@H](C)NC(Cc1ccc(-c2cccc(Cl)c2)cc1)C(=O)N(C)C1=NNNN1. The van der Waals surface area contributed by atoms with Crippen LogP contribution in [0.15, 0.2) is 53.6 Å². The van der Waals surface area contributed by atoms with Crippen molar-refractivity contribution in [1.82, 2.24) is 26.7 Å². The summed E-state index contributed by atoms with van der Waals surface area (Å²) in [5.41, 5.74) is 10.8. The summed E-state index contributed by atoms with van der Waals surface area (Å²) >= 11 is 6.10. The predicted molar refractivity (Wildman–Crippen MR) is 123 cm³/mol. The van der Waals surface area contributed by atoms with Crippen LogP contribution in [0, 0.1) is 0 Å². The summed E-state index contributed by atoms with van der Waals surface area (Å²) in [6.45, 7) is 3.69. The Labute approximate surface area is 192 Å². The Morgan fingerprint density at radius 1 is 1.19 bits per heavy atom. The van der Waals surface area contributed by atoms with E-state index in [-0.39, 0.29) is 12.5 Å². The van der Waals surface area contributed by atoms with Crippen molar-refractivity contribution < 1.29 is 14.3 Å². The van der Waals surface area contributed by atoms with Crippen LogP contribution in [-0.2, 0) is 20.7 Å². The van der Waals surface area contributed by atoms with Gasteiger partial charge in [-0.15, -0.1) is 10.6 Å². The van der Waals surface area contributed by atoms with Crippen molar-refractivity contribution in [2.45, 2.75) is 32.4 Å². The van der Waals surface area contributed by atoms with Gasteiger partial charge in [0.05, 0.1) is 12.6 Å². The Balaban J connectivity index is 1.77. The molecule has 0 saturated carbocycles. The molecule has 1 amide bonds. The van der Waals surface area contributed by atoms with Gasteiger partial charge >= 0.3 is 5.97 Å². The molecule has 0 aromatic heterocycles. The molecule has 2 aromatic rings. The van der Waals surface area contributed by atoms with Gasteiger partial charge in [-0.25, -0.2) is 5.53 Å². The largest absolute Gasteiger partial charge is 0.465 e. The maximum Gasteiger partial charge on any atom is 0.322 e. The number of likely N-dealkylation sites (N-methyl/N-ethyl adjacent to an activating group) is 1. The lowest BCUT2D eigenvalue weighted by molar-refractivity contribution is -0.145. The summed E-state index contributed by atoms with van der Waals surface area (Å²) in [6.07, 6.45) is 0.372. The third-order valence-corrected chi connectivity index (χ3v) is 5.22. The number of esters is 1. The van der Waals surface area contributed by atoms with E-state index >= 15 is 0 Å². The van der Waals surface area contributed by atoms with E-state index in [1.54, 1.807) is 20.9 Å². The molecule has 0 radical (unpaired) electrons. The molecule has 32 heavy (non-hydrogen) atoms. The summed E-state index contributed by atoms with van der Waals surface area (Å²) in [4.78, 5) is 26.7. The molecule has 0 bridgehead atoms. The van der Waals surface area contributed by atoms with Crippen LogP contribution in [0.5, 0.6) is 0 Å². The molecule has 0 aliphatic carbocycles. The highest BCUT2D eigenvalue weighted by atomic mass is 35.5. The molecule has 1 aliphatic rings. The van der Waals surface area contributed by atoms with E-state index in [0.717, 1.165) is 16.7 Å². The fraction of sp³-hybridized carbons (Fsp3) is 0.318.